The van der Waals surface area contributed by atoms with Crippen LogP contribution in [0, 0.1) is 5.92 Å². The van der Waals surface area contributed by atoms with Crippen LogP contribution in [-0.4, -0.2) is 52.4 Å². The first-order chi connectivity index (χ1) is 9.83. The fourth-order valence-corrected chi connectivity index (χ4v) is 3.56. The lowest BCUT2D eigenvalue weighted by molar-refractivity contribution is 0.0270. The van der Waals surface area contributed by atoms with Crippen LogP contribution >= 0.6 is 11.8 Å². The number of hydrogen-bond acceptors (Lipinski definition) is 4. The van der Waals surface area contributed by atoms with Crippen LogP contribution in [0.1, 0.15) is 53.4 Å². The Morgan fingerprint density at radius 2 is 2.00 bits per heavy atom. The van der Waals surface area contributed by atoms with E-state index in [-0.39, 0.29) is 12.0 Å². The molecule has 1 aliphatic heterocycles. The largest absolute Gasteiger partial charge is 0.444 e. The van der Waals surface area contributed by atoms with E-state index < -0.39 is 11.7 Å². The minimum Gasteiger partial charge on any atom is -0.444 e. The normalized spacial score (nSPS) is 22.6. The topological polar surface area (TPSA) is 49.8 Å². The number of aliphatic hydroxyl groups is 1. The number of β-amino-alcohol motifs (C(OH)–C–C–N with tert-alkyl or cyclic N) is 1. The van der Waals surface area contributed by atoms with Crippen molar-refractivity contribution in [2.45, 2.75) is 65.1 Å². The van der Waals surface area contributed by atoms with Gasteiger partial charge in [-0.15, -0.1) is 0 Å². The van der Waals surface area contributed by atoms with Crippen LogP contribution in [0.2, 0.25) is 0 Å². The Balaban J connectivity index is 2.24. The number of aliphatic hydroxyl groups excluding tert-OH is 1. The lowest BCUT2D eigenvalue weighted by Gasteiger charge is -2.24. The van der Waals surface area contributed by atoms with Crippen molar-refractivity contribution in [1.29, 1.82) is 0 Å². The molecule has 1 rings (SSSR count). The van der Waals surface area contributed by atoms with Crippen molar-refractivity contribution in [2.24, 2.45) is 5.92 Å². The number of likely N-dealkylation sites (tertiary alicyclic amines) is 1. The van der Waals surface area contributed by atoms with Gasteiger partial charge in [-0.2, -0.15) is 11.8 Å². The van der Waals surface area contributed by atoms with Gasteiger partial charge in [0.1, 0.15) is 5.60 Å². The molecule has 0 bridgehead atoms. The molecule has 1 aliphatic rings. The van der Waals surface area contributed by atoms with Crippen LogP contribution < -0.4 is 0 Å². The van der Waals surface area contributed by atoms with Crippen molar-refractivity contribution in [3.8, 4) is 0 Å². The first-order valence-corrected chi connectivity index (χ1v) is 9.22. The molecule has 1 fully saturated rings. The van der Waals surface area contributed by atoms with Gasteiger partial charge in [-0.25, -0.2) is 4.79 Å². The standard InChI is InChI=1S/C16H31NO3S/c1-5-6-7-8-9-21-12-13-10-17(11-14(13)18)15(19)20-16(2,3)4/h13-14,18H,5-12H2,1-4H3/t13-,14+/m1/s1. The maximum Gasteiger partial charge on any atom is 0.410 e. The SMILES string of the molecule is CCCCCCSC[C@H]1CN(C(=O)OC(C)(C)C)C[C@@H]1O. The second-order valence-electron chi connectivity index (χ2n) is 6.85. The number of amides is 1. The monoisotopic (exact) mass is 317 g/mol. The molecular formula is C16H31NO3S. The number of unbranched alkanes of at least 4 members (excludes halogenated alkanes) is 3. The van der Waals surface area contributed by atoms with Crippen LogP contribution in [0.5, 0.6) is 0 Å². The van der Waals surface area contributed by atoms with Crippen LogP contribution in [-0.2, 0) is 4.74 Å². The molecule has 1 amide bonds. The molecule has 0 aliphatic carbocycles. The van der Waals surface area contributed by atoms with Gasteiger partial charge >= 0.3 is 6.09 Å². The molecule has 5 heteroatoms. The molecule has 0 aromatic heterocycles. The Morgan fingerprint density at radius 1 is 1.29 bits per heavy atom. The molecule has 124 valence electrons. The zero-order chi connectivity index (χ0) is 15.9. The van der Waals surface area contributed by atoms with E-state index in [4.69, 9.17) is 4.74 Å². The molecule has 0 unspecified atom stereocenters. The van der Waals surface area contributed by atoms with Gasteiger partial charge in [0.15, 0.2) is 0 Å². The maximum atomic E-state index is 12.0. The van der Waals surface area contributed by atoms with E-state index >= 15 is 0 Å². The quantitative estimate of drug-likeness (QED) is 0.730. The van der Waals surface area contributed by atoms with Gasteiger partial charge < -0.3 is 14.7 Å². The summed E-state index contributed by atoms with van der Waals surface area (Å²) in [5.74, 6) is 2.25. The van der Waals surface area contributed by atoms with Gasteiger partial charge in [0, 0.05) is 18.2 Å². The van der Waals surface area contributed by atoms with Crippen LogP contribution in [0.3, 0.4) is 0 Å². The molecule has 0 aromatic carbocycles. The molecule has 1 N–H and O–H groups in total. The molecule has 0 saturated carbocycles. The first kappa shape index (κ1) is 18.6. The highest BCUT2D eigenvalue weighted by Crippen LogP contribution is 2.24. The minimum absolute atomic E-state index is 0.175. The minimum atomic E-state index is -0.478. The van der Waals surface area contributed by atoms with Crippen molar-refractivity contribution < 1.29 is 14.6 Å². The Morgan fingerprint density at radius 3 is 2.62 bits per heavy atom. The summed E-state index contributed by atoms with van der Waals surface area (Å²) in [6.07, 6.45) is 4.38. The molecule has 4 nitrogen and oxygen atoms in total. The van der Waals surface area contributed by atoms with E-state index in [1.165, 1.54) is 25.7 Å². The van der Waals surface area contributed by atoms with Gasteiger partial charge in [-0.1, -0.05) is 26.2 Å². The van der Waals surface area contributed by atoms with Gasteiger partial charge in [0.05, 0.1) is 12.6 Å². The summed E-state index contributed by atoms with van der Waals surface area (Å²) in [6.45, 7) is 8.81. The van der Waals surface area contributed by atoms with E-state index in [9.17, 15) is 9.90 Å². The smallest absolute Gasteiger partial charge is 0.410 e. The molecule has 0 spiro atoms. The number of thioether (sulfide) groups is 1. The Bertz CT molecular complexity index is 317. The van der Waals surface area contributed by atoms with Crippen molar-refractivity contribution in [2.75, 3.05) is 24.6 Å². The number of rotatable bonds is 7. The zero-order valence-electron chi connectivity index (χ0n) is 13.9. The second-order valence-corrected chi connectivity index (χ2v) is 8.00. The second kappa shape index (κ2) is 8.89. The molecular weight excluding hydrogens is 286 g/mol. The average molecular weight is 317 g/mol. The summed E-state index contributed by atoms with van der Waals surface area (Å²) in [5.41, 5.74) is -0.478. The zero-order valence-corrected chi connectivity index (χ0v) is 14.7. The number of ether oxygens (including phenoxy) is 1. The van der Waals surface area contributed by atoms with E-state index in [1.54, 1.807) is 4.90 Å². The van der Waals surface area contributed by atoms with Crippen molar-refractivity contribution in [1.82, 2.24) is 4.90 Å². The summed E-state index contributed by atoms with van der Waals surface area (Å²) in [6, 6.07) is 0. The predicted octanol–water partition coefficient (Wildman–Crippen LogP) is 3.53. The number of carbonyl (C=O) groups is 1. The highest BCUT2D eigenvalue weighted by Gasteiger charge is 2.35. The third-order valence-electron chi connectivity index (χ3n) is 3.53. The predicted molar refractivity (Wildman–Crippen MR) is 88.8 cm³/mol. The number of carbonyl (C=O) groups excluding carboxylic acids is 1. The summed E-state index contributed by atoms with van der Waals surface area (Å²) >= 11 is 1.89. The Labute approximate surface area is 133 Å². The lowest BCUT2D eigenvalue weighted by atomic mass is 10.1. The highest BCUT2D eigenvalue weighted by molar-refractivity contribution is 7.99. The third-order valence-corrected chi connectivity index (χ3v) is 4.77. The van der Waals surface area contributed by atoms with Crippen molar-refractivity contribution in [3.63, 3.8) is 0 Å². The number of nitrogens with zero attached hydrogens (tertiary/aromatic N) is 1. The fraction of sp³-hybridized carbons (Fsp3) is 0.938. The average Bonchev–Trinajstić information content (AvgIpc) is 2.73. The third kappa shape index (κ3) is 7.41. The summed E-state index contributed by atoms with van der Waals surface area (Å²) in [7, 11) is 0. The Kier molecular flexibility index (Phi) is 7.88. The Hall–Kier alpha value is -0.420. The highest BCUT2D eigenvalue weighted by atomic mass is 32.2. The lowest BCUT2D eigenvalue weighted by Crippen LogP contribution is -2.35. The molecule has 2 atom stereocenters. The molecule has 21 heavy (non-hydrogen) atoms. The summed E-state index contributed by atoms with van der Waals surface area (Å²) in [4.78, 5) is 13.6. The molecule has 1 heterocycles. The van der Waals surface area contributed by atoms with Gasteiger partial charge in [0.2, 0.25) is 0 Å². The van der Waals surface area contributed by atoms with Gasteiger partial charge in [-0.3, -0.25) is 0 Å². The summed E-state index contributed by atoms with van der Waals surface area (Å²) in [5, 5.41) is 10.1. The van der Waals surface area contributed by atoms with E-state index in [2.05, 4.69) is 6.92 Å². The van der Waals surface area contributed by atoms with Crippen molar-refractivity contribution >= 4 is 17.9 Å². The first-order valence-electron chi connectivity index (χ1n) is 8.07. The van der Waals surface area contributed by atoms with E-state index in [0.29, 0.717) is 13.1 Å². The summed E-state index contributed by atoms with van der Waals surface area (Å²) < 4.78 is 5.36. The molecule has 0 radical (unpaired) electrons. The molecule has 0 aromatic rings. The van der Waals surface area contributed by atoms with E-state index in [1.807, 2.05) is 32.5 Å². The van der Waals surface area contributed by atoms with Gasteiger partial charge in [-0.05, 0) is 32.9 Å². The van der Waals surface area contributed by atoms with Crippen LogP contribution in [0.25, 0.3) is 0 Å². The molecule has 1 saturated heterocycles. The van der Waals surface area contributed by atoms with Crippen molar-refractivity contribution in [3.05, 3.63) is 0 Å². The van der Waals surface area contributed by atoms with Crippen LogP contribution in [0.15, 0.2) is 0 Å². The van der Waals surface area contributed by atoms with Crippen LogP contribution in [0.4, 0.5) is 4.79 Å². The van der Waals surface area contributed by atoms with Gasteiger partial charge in [0.25, 0.3) is 0 Å². The number of hydrogen-bond donors (Lipinski definition) is 1. The fourth-order valence-electron chi connectivity index (χ4n) is 2.36. The van der Waals surface area contributed by atoms with E-state index in [0.717, 1.165) is 11.5 Å². The maximum absolute atomic E-state index is 12.0.